The molecule has 4 rings (SSSR count). The molecule has 4 heteroatoms. The molecule has 4 nitrogen and oxygen atoms in total. The second-order valence-electron chi connectivity index (χ2n) is 6.98. The van der Waals surface area contributed by atoms with Gasteiger partial charge in [0.2, 0.25) is 0 Å². The van der Waals surface area contributed by atoms with Gasteiger partial charge in [-0.15, -0.1) is 0 Å². The third kappa shape index (κ3) is 3.72. The normalized spacial score (nSPS) is 13.0. The monoisotopic (exact) mass is 372 g/mol. The Labute approximate surface area is 166 Å². The highest BCUT2D eigenvalue weighted by atomic mass is 16.5. The van der Waals surface area contributed by atoms with E-state index in [0.29, 0.717) is 0 Å². The average molecular weight is 372 g/mol. The first kappa shape index (κ1) is 18.1. The summed E-state index contributed by atoms with van der Waals surface area (Å²) in [5.41, 5.74) is 5.56. The lowest BCUT2D eigenvalue weighted by Crippen LogP contribution is -2.19. The fourth-order valence-corrected chi connectivity index (χ4v) is 3.36. The number of hydrogen-bond donors (Lipinski definition) is 0. The first-order valence-electron chi connectivity index (χ1n) is 9.43. The van der Waals surface area contributed by atoms with E-state index in [1.54, 1.807) is 13.3 Å². The molecular formula is C24H24N2O2. The van der Waals surface area contributed by atoms with Gasteiger partial charge in [-0.25, -0.2) is 0 Å². The zero-order valence-electron chi connectivity index (χ0n) is 16.5. The quantitative estimate of drug-likeness (QED) is 0.551. The van der Waals surface area contributed by atoms with Crippen LogP contribution in [0.1, 0.15) is 11.3 Å². The van der Waals surface area contributed by atoms with Gasteiger partial charge in [-0.05, 0) is 61.4 Å². The van der Waals surface area contributed by atoms with Crippen molar-refractivity contribution in [3.8, 4) is 28.4 Å². The third-order valence-electron chi connectivity index (χ3n) is 4.97. The topological polar surface area (TPSA) is 34.6 Å². The van der Waals surface area contributed by atoms with Crippen LogP contribution in [0.15, 0.2) is 66.9 Å². The molecule has 1 aliphatic rings. The average Bonchev–Trinajstić information content (AvgIpc) is 3.26. The molecule has 0 aliphatic carbocycles. The summed E-state index contributed by atoms with van der Waals surface area (Å²) in [6.07, 6.45) is 6.17. The SMILES string of the molecule is COc1ccc(-c2cc(Oc3ccc(C)nc3)c(C)cc2N2CC=CC2)cc1. The Morgan fingerprint density at radius 1 is 0.893 bits per heavy atom. The van der Waals surface area contributed by atoms with Gasteiger partial charge in [0.25, 0.3) is 0 Å². The number of hydrogen-bond acceptors (Lipinski definition) is 4. The lowest BCUT2D eigenvalue weighted by atomic mass is 10.00. The van der Waals surface area contributed by atoms with Crippen LogP contribution in [-0.2, 0) is 0 Å². The molecule has 2 heterocycles. The number of methoxy groups -OCH3 is 1. The molecule has 142 valence electrons. The first-order chi connectivity index (χ1) is 13.6. The maximum Gasteiger partial charge on any atom is 0.145 e. The smallest absolute Gasteiger partial charge is 0.145 e. The predicted molar refractivity (Wildman–Crippen MR) is 114 cm³/mol. The zero-order chi connectivity index (χ0) is 19.5. The van der Waals surface area contributed by atoms with Crippen molar-refractivity contribution in [2.24, 2.45) is 0 Å². The minimum atomic E-state index is 0.741. The number of nitrogens with zero attached hydrogens (tertiary/aromatic N) is 2. The van der Waals surface area contributed by atoms with Gasteiger partial charge < -0.3 is 14.4 Å². The van der Waals surface area contributed by atoms with E-state index >= 15 is 0 Å². The van der Waals surface area contributed by atoms with Gasteiger partial charge in [0, 0.05) is 30.0 Å². The van der Waals surface area contributed by atoms with Crippen molar-refractivity contribution >= 4 is 5.69 Å². The van der Waals surface area contributed by atoms with Crippen molar-refractivity contribution in [3.05, 3.63) is 78.1 Å². The van der Waals surface area contributed by atoms with Crippen LogP contribution in [-0.4, -0.2) is 25.2 Å². The van der Waals surface area contributed by atoms with Crippen molar-refractivity contribution in [2.75, 3.05) is 25.1 Å². The van der Waals surface area contributed by atoms with E-state index in [0.717, 1.165) is 52.7 Å². The molecule has 0 saturated heterocycles. The van der Waals surface area contributed by atoms with Crippen LogP contribution >= 0.6 is 0 Å². The summed E-state index contributed by atoms with van der Waals surface area (Å²) >= 11 is 0. The number of ether oxygens (including phenoxy) is 2. The van der Waals surface area contributed by atoms with Gasteiger partial charge >= 0.3 is 0 Å². The molecule has 0 bridgehead atoms. The van der Waals surface area contributed by atoms with Gasteiger partial charge in [0.05, 0.1) is 13.3 Å². The molecule has 0 atom stereocenters. The van der Waals surface area contributed by atoms with E-state index < -0.39 is 0 Å². The van der Waals surface area contributed by atoms with E-state index in [4.69, 9.17) is 9.47 Å². The number of anilines is 1. The molecule has 2 aromatic carbocycles. The van der Waals surface area contributed by atoms with Crippen molar-refractivity contribution in [2.45, 2.75) is 13.8 Å². The largest absolute Gasteiger partial charge is 0.497 e. The van der Waals surface area contributed by atoms with Crippen LogP contribution in [0.4, 0.5) is 5.69 Å². The van der Waals surface area contributed by atoms with Crippen molar-refractivity contribution < 1.29 is 9.47 Å². The molecule has 0 amide bonds. The van der Waals surface area contributed by atoms with Gasteiger partial charge in [-0.1, -0.05) is 24.3 Å². The minimum Gasteiger partial charge on any atom is -0.497 e. The second-order valence-corrected chi connectivity index (χ2v) is 6.98. The molecule has 1 aliphatic heterocycles. The van der Waals surface area contributed by atoms with Crippen LogP contribution in [0.2, 0.25) is 0 Å². The Balaban J connectivity index is 1.76. The highest BCUT2D eigenvalue weighted by Crippen LogP contribution is 2.39. The molecule has 0 fully saturated rings. The number of pyridine rings is 1. The maximum atomic E-state index is 6.17. The minimum absolute atomic E-state index is 0.741. The van der Waals surface area contributed by atoms with Crippen LogP contribution in [0.3, 0.4) is 0 Å². The maximum absolute atomic E-state index is 6.17. The highest BCUT2D eigenvalue weighted by molar-refractivity contribution is 5.82. The molecule has 28 heavy (non-hydrogen) atoms. The highest BCUT2D eigenvalue weighted by Gasteiger charge is 2.17. The Morgan fingerprint density at radius 3 is 2.25 bits per heavy atom. The molecule has 0 unspecified atom stereocenters. The van der Waals surface area contributed by atoms with Gasteiger partial charge in [0.1, 0.15) is 17.2 Å². The van der Waals surface area contributed by atoms with Crippen LogP contribution < -0.4 is 14.4 Å². The number of aromatic nitrogens is 1. The van der Waals surface area contributed by atoms with Crippen molar-refractivity contribution in [1.82, 2.24) is 4.98 Å². The molecule has 0 spiro atoms. The molecule has 0 radical (unpaired) electrons. The summed E-state index contributed by atoms with van der Waals surface area (Å²) in [5, 5.41) is 0. The van der Waals surface area contributed by atoms with Crippen LogP contribution in [0.25, 0.3) is 11.1 Å². The molecule has 1 aromatic heterocycles. The molecule has 0 N–H and O–H groups in total. The van der Waals surface area contributed by atoms with E-state index in [1.165, 1.54) is 5.69 Å². The zero-order valence-corrected chi connectivity index (χ0v) is 16.5. The number of aryl methyl sites for hydroxylation is 2. The molecular weight excluding hydrogens is 348 g/mol. The Morgan fingerprint density at radius 2 is 1.61 bits per heavy atom. The van der Waals surface area contributed by atoms with E-state index in [2.05, 4.69) is 53.2 Å². The fraction of sp³-hybridized carbons (Fsp3) is 0.208. The standard InChI is InChI=1S/C24H24N2O2/c1-17-14-23(26-12-4-5-13-26)22(19-7-10-20(27-3)11-8-19)15-24(17)28-21-9-6-18(2)25-16-21/h4-11,14-16H,12-13H2,1-3H3. The summed E-state index contributed by atoms with van der Waals surface area (Å²) in [7, 11) is 1.68. The fourth-order valence-electron chi connectivity index (χ4n) is 3.36. The summed E-state index contributed by atoms with van der Waals surface area (Å²) in [4.78, 5) is 6.69. The van der Waals surface area contributed by atoms with Crippen LogP contribution in [0, 0.1) is 13.8 Å². The Hall–Kier alpha value is -3.27. The lowest BCUT2D eigenvalue weighted by molar-refractivity contribution is 0.415. The van der Waals surface area contributed by atoms with Crippen molar-refractivity contribution in [3.63, 3.8) is 0 Å². The Kier molecular flexibility index (Phi) is 5.02. The summed E-state index contributed by atoms with van der Waals surface area (Å²) in [6.45, 7) is 5.90. The first-order valence-corrected chi connectivity index (χ1v) is 9.43. The predicted octanol–water partition coefficient (Wildman–Crippen LogP) is 5.54. The van der Waals surface area contributed by atoms with Gasteiger partial charge in [-0.2, -0.15) is 0 Å². The van der Waals surface area contributed by atoms with Gasteiger partial charge in [0.15, 0.2) is 0 Å². The summed E-state index contributed by atoms with van der Waals surface area (Å²) in [5.74, 6) is 2.43. The van der Waals surface area contributed by atoms with E-state index in [1.807, 2.05) is 31.2 Å². The lowest BCUT2D eigenvalue weighted by Gasteiger charge is -2.24. The third-order valence-corrected chi connectivity index (χ3v) is 4.97. The summed E-state index contributed by atoms with van der Waals surface area (Å²) in [6, 6.07) is 16.4. The van der Waals surface area contributed by atoms with Crippen LogP contribution in [0.5, 0.6) is 17.2 Å². The molecule has 3 aromatic rings. The number of rotatable bonds is 5. The van der Waals surface area contributed by atoms with Crippen molar-refractivity contribution in [1.29, 1.82) is 0 Å². The second kappa shape index (κ2) is 7.77. The number of benzene rings is 2. The van der Waals surface area contributed by atoms with Gasteiger partial charge in [-0.3, -0.25) is 4.98 Å². The van der Waals surface area contributed by atoms with E-state index in [-0.39, 0.29) is 0 Å². The van der Waals surface area contributed by atoms with E-state index in [9.17, 15) is 0 Å². The summed E-state index contributed by atoms with van der Waals surface area (Å²) < 4.78 is 11.5. The molecule has 0 saturated carbocycles. The Bertz CT molecular complexity index is 984.